The standard InChI is InChI=1S/C19H32N2/c1-5-16-8-12-18(13-9-16)21(4)15-19(6-2,7-3)14-20-17-10-11-17/h8-9,12-13,17,20H,5-7,10-11,14-15H2,1-4H3. The van der Waals surface area contributed by atoms with Gasteiger partial charge < -0.3 is 10.2 Å². The summed E-state index contributed by atoms with van der Waals surface area (Å²) in [5.41, 5.74) is 3.14. The topological polar surface area (TPSA) is 15.3 Å². The van der Waals surface area contributed by atoms with E-state index in [1.807, 2.05) is 0 Å². The van der Waals surface area contributed by atoms with Crippen molar-refractivity contribution < 1.29 is 0 Å². The smallest absolute Gasteiger partial charge is 0.0363 e. The summed E-state index contributed by atoms with van der Waals surface area (Å²) in [7, 11) is 2.23. The van der Waals surface area contributed by atoms with Crippen LogP contribution in [-0.4, -0.2) is 26.2 Å². The average molecular weight is 288 g/mol. The van der Waals surface area contributed by atoms with Gasteiger partial charge in [0.1, 0.15) is 0 Å². The lowest BCUT2D eigenvalue weighted by atomic mass is 9.81. The van der Waals surface area contributed by atoms with E-state index in [2.05, 4.69) is 62.3 Å². The highest BCUT2D eigenvalue weighted by molar-refractivity contribution is 5.47. The van der Waals surface area contributed by atoms with E-state index in [9.17, 15) is 0 Å². The molecule has 0 saturated heterocycles. The van der Waals surface area contributed by atoms with Crippen LogP contribution in [0.15, 0.2) is 24.3 Å². The molecule has 1 N–H and O–H groups in total. The molecule has 1 aromatic carbocycles. The highest BCUT2D eigenvalue weighted by Crippen LogP contribution is 2.30. The highest BCUT2D eigenvalue weighted by Gasteiger charge is 2.31. The third-order valence-corrected chi connectivity index (χ3v) is 5.20. The molecule has 0 aromatic heterocycles. The maximum Gasteiger partial charge on any atom is 0.0363 e. The molecule has 1 fully saturated rings. The number of rotatable bonds is 9. The zero-order valence-electron chi connectivity index (χ0n) is 14.3. The minimum absolute atomic E-state index is 0.390. The Morgan fingerprint density at radius 1 is 1.10 bits per heavy atom. The number of nitrogens with one attached hydrogen (secondary N) is 1. The lowest BCUT2D eigenvalue weighted by molar-refractivity contribution is 0.254. The first kappa shape index (κ1) is 16.4. The van der Waals surface area contributed by atoms with E-state index in [1.165, 1.54) is 36.9 Å². The predicted molar refractivity (Wildman–Crippen MR) is 93.1 cm³/mol. The van der Waals surface area contributed by atoms with Crippen LogP contribution in [0.25, 0.3) is 0 Å². The number of anilines is 1. The van der Waals surface area contributed by atoms with Gasteiger partial charge in [-0.3, -0.25) is 0 Å². The second-order valence-electron chi connectivity index (χ2n) is 6.74. The number of hydrogen-bond donors (Lipinski definition) is 1. The fourth-order valence-electron chi connectivity index (χ4n) is 3.01. The molecule has 2 rings (SSSR count). The van der Waals surface area contributed by atoms with Gasteiger partial charge in [-0.25, -0.2) is 0 Å². The molecule has 2 nitrogen and oxygen atoms in total. The molecule has 2 heteroatoms. The van der Waals surface area contributed by atoms with Crippen LogP contribution in [0.5, 0.6) is 0 Å². The molecule has 0 amide bonds. The van der Waals surface area contributed by atoms with Gasteiger partial charge in [-0.1, -0.05) is 32.9 Å². The molecule has 21 heavy (non-hydrogen) atoms. The maximum absolute atomic E-state index is 3.75. The van der Waals surface area contributed by atoms with Gasteiger partial charge in [0.15, 0.2) is 0 Å². The number of hydrogen-bond acceptors (Lipinski definition) is 2. The Bertz CT molecular complexity index is 416. The molecule has 1 saturated carbocycles. The Morgan fingerprint density at radius 2 is 1.71 bits per heavy atom. The third-order valence-electron chi connectivity index (χ3n) is 5.20. The quantitative estimate of drug-likeness (QED) is 0.731. The largest absolute Gasteiger partial charge is 0.374 e. The zero-order chi connectivity index (χ0) is 15.3. The minimum atomic E-state index is 0.390. The number of benzene rings is 1. The Labute approximate surface area is 130 Å². The molecule has 1 aromatic rings. The Kier molecular flexibility index (Phi) is 5.69. The summed E-state index contributed by atoms with van der Waals surface area (Å²) < 4.78 is 0. The molecular weight excluding hydrogens is 256 g/mol. The summed E-state index contributed by atoms with van der Waals surface area (Å²) in [5, 5.41) is 3.75. The molecule has 0 bridgehead atoms. The van der Waals surface area contributed by atoms with Crippen molar-refractivity contribution >= 4 is 5.69 Å². The average Bonchev–Trinajstić information content (AvgIpc) is 3.36. The second kappa shape index (κ2) is 7.31. The van der Waals surface area contributed by atoms with E-state index in [-0.39, 0.29) is 0 Å². The van der Waals surface area contributed by atoms with Crippen LogP contribution in [-0.2, 0) is 6.42 Å². The van der Waals surface area contributed by atoms with Crippen molar-refractivity contribution in [3.05, 3.63) is 29.8 Å². The van der Waals surface area contributed by atoms with Gasteiger partial charge in [0.25, 0.3) is 0 Å². The van der Waals surface area contributed by atoms with Gasteiger partial charge in [0.05, 0.1) is 0 Å². The van der Waals surface area contributed by atoms with Gasteiger partial charge in [0, 0.05) is 31.9 Å². The van der Waals surface area contributed by atoms with Crippen LogP contribution in [0.1, 0.15) is 52.0 Å². The zero-order valence-corrected chi connectivity index (χ0v) is 14.3. The fraction of sp³-hybridized carbons (Fsp3) is 0.684. The van der Waals surface area contributed by atoms with Gasteiger partial charge in [0.2, 0.25) is 0 Å². The first-order chi connectivity index (χ1) is 10.1. The van der Waals surface area contributed by atoms with Gasteiger partial charge in [-0.05, 0) is 55.2 Å². The molecule has 0 atom stereocenters. The van der Waals surface area contributed by atoms with Crippen LogP contribution in [0.3, 0.4) is 0 Å². The molecule has 0 aliphatic heterocycles. The van der Waals surface area contributed by atoms with Crippen molar-refractivity contribution in [3.63, 3.8) is 0 Å². The molecule has 0 heterocycles. The first-order valence-corrected chi connectivity index (χ1v) is 8.66. The molecule has 0 unspecified atom stereocenters. The lowest BCUT2D eigenvalue weighted by Crippen LogP contribution is -2.43. The van der Waals surface area contributed by atoms with E-state index in [0.717, 1.165) is 25.6 Å². The van der Waals surface area contributed by atoms with E-state index in [4.69, 9.17) is 0 Å². The Balaban J connectivity index is 1.99. The predicted octanol–water partition coefficient (Wildman–Crippen LogP) is 4.24. The van der Waals surface area contributed by atoms with Crippen LogP contribution in [0.2, 0.25) is 0 Å². The summed E-state index contributed by atoms with van der Waals surface area (Å²) in [5.74, 6) is 0. The van der Waals surface area contributed by atoms with Crippen LogP contribution < -0.4 is 10.2 Å². The summed E-state index contributed by atoms with van der Waals surface area (Å²) in [6, 6.07) is 9.85. The van der Waals surface area contributed by atoms with E-state index in [0.29, 0.717) is 5.41 Å². The van der Waals surface area contributed by atoms with Crippen LogP contribution in [0, 0.1) is 5.41 Å². The van der Waals surface area contributed by atoms with Crippen molar-refractivity contribution in [2.45, 2.75) is 58.9 Å². The molecule has 118 valence electrons. The van der Waals surface area contributed by atoms with E-state index in [1.54, 1.807) is 0 Å². The summed E-state index contributed by atoms with van der Waals surface area (Å²) in [6.07, 6.45) is 6.33. The first-order valence-electron chi connectivity index (χ1n) is 8.66. The molecule has 1 aliphatic rings. The van der Waals surface area contributed by atoms with E-state index < -0.39 is 0 Å². The Hall–Kier alpha value is -1.02. The second-order valence-corrected chi connectivity index (χ2v) is 6.74. The van der Waals surface area contributed by atoms with Crippen LogP contribution >= 0.6 is 0 Å². The summed E-state index contributed by atoms with van der Waals surface area (Å²) >= 11 is 0. The number of aryl methyl sites for hydroxylation is 1. The third kappa shape index (κ3) is 4.47. The highest BCUT2D eigenvalue weighted by atomic mass is 15.1. The van der Waals surface area contributed by atoms with Crippen molar-refractivity contribution in [3.8, 4) is 0 Å². The minimum Gasteiger partial charge on any atom is -0.374 e. The molecular formula is C19H32N2. The maximum atomic E-state index is 3.75. The molecule has 0 spiro atoms. The normalized spacial score (nSPS) is 15.2. The van der Waals surface area contributed by atoms with Crippen molar-refractivity contribution in [1.82, 2.24) is 5.32 Å². The Morgan fingerprint density at radius 3 is 2.19 bits per heavy atom. The van der Waals surface area contributed by atoms with Crippen molar-refractivity contribution in [2.24, 2.45) is 5.41 Å². The van der Waals surface area contributed by atoms with Crippen LogP contribution in [0.4, 0.5) is 5.69 Å². The molecule has 1 aliphatic carbocycles. The SMILES string of the molecule is CCc1ccc(N(C)CC(CC)(CC)CNC2CC2)cc1. The van der Waals surface area contributed by atoms with Crippen molar-refractivity contribution in [2.75, 3.05) is 25.0 Å². The summed E-state index contributed by atoms with van der Waals surface area (Å²) in [4.78, 5) is 2.43. The van der Waals surface area contributed by atoms with Gasteiger partial charge in [-0.2, -0.15) is 0 Å². The molecule has 0 radical (unpaired) electrons. The van der Waals surface area contributed by atoms with Gasteiger partial charge in [-0.15, -0.1) is 0 Å². The van der Waals surface area contributed by atoms with E-state index >= 15 is 0 Å². The van der Waals surface area contributed by atoms with Crippen molar-refractivity contribution in [1.29, 1.82) is 0 Å². The number of nitrogens with zero attached hydrogens (tertiary/aromatic N) is 1. The fourth-order valence-corrected chi connectivity index (χ4v) is 3.01. The lowest BCUT2D eigenvalue weighted by Gasteiger charge is -2.37. The summed E-state index contributed by atoms with van der Waals surface area (Å²) in [6.45, 7) is 9.17. The van der Waals surface area contributed by atoms with Gasteiger partial charge >= 0.3 is 0 Å². The monoisotopic (exact) mass is 288 g/mol.